The fourth-order valence-corrected chi connectivity index (χ4v) is 2.72. The van der Waals surface area contributed by atoms with E-state index in [4.69, 9.17) is 13.9 Å². The van der Waals surface area contributed by atoms with E-state index in [1.165, 1.54) is 6.26 Å². The quantitative estimate of drug-likeness (QED) is 0.620. The van der Waals surface area contributed by atoms with Crippen LogP contribution >= 0.6 is 0 Å². The molecule has 0 saturated carbocycles. The summed E-state index contributed by atoms with van der Waals surface area (Å²) in [5.74, 6) is -0.119. The predicted octanol–water partition coefficient (Wildman–Crippen LogP) is 2.89. The summed E-state index contributed by atoms with van der Waals surface area (Å²) in [6, 6.07) is 15.2. The van der Waals surface area contributed by atoms with E-state index in [1.807, 2.05) is 36.4 Å². The third-order valence-corrected chi connectivity index (χ3v) is 4.14. The number of hydrogen-bond acceptors (Lipinski definition) is 5. The topological polar surface area (TPSA) is 77.8 Å². The molecule has 0 aliphatic carbocycles. The Morgan fingerprint density at radius 2 is 1.93 bits per heavy atom. The number of ether oxygens (including phenoxy) is 2. The van der Waals surface area contributed by atoms with Gasteiger partial charge in [-0.05, 0) is 24.1 Å². The molecule has 0 aliphatic rings. The molecule has 2 aromatic carbocycles. The van der Waals surface area contributed by atoms with Gasteiger partial charge >= 0.3 is 5.97 Å². The Kier molecular flexibility index (Phi) is 6.10. The van der Waals surface area contributed by atoms with Gasteiger partial charge in [0.1, 0.15) is 11.3 Å². The number of benzene rings is 2. The number of carbonyl (C=O) groups is 2. The van der Waals surface area contributed by atoms with E-state index in [1.54, 1.807) is 19.2 Å². The molecule has 3 rings (SSSR count). The van der Waals surface area contributed by atoms with Crippen LogP contribution in [0.3, 0.4) is 0 Å². The number of carbonyl (C=O) groups excluding carboxylic acids is 2. The van der Waals surface area contributed by atoms with Crippen molar-refractivity contribution in [3.63, 3.8) is 0 Å². The lowest BCUT2D eigenvalue weighted by molar-refractivity contribution is -0.147. The lowest BCUT2D eigenvalue weighted by Crippen LogP contribution is -2.30. The van der Waals surface area contributed by atoms with Gasteiger partial charge in [0.25, 0.3) is 5.91 Å². The molecular weight excluding hydrogens is 346 g/mol. The van der Waals surface area contributed by atoms with Gasteiger partial charge in [0.2, 0.25) is 0 Å². The number of esters is 1. The monoisotopic (exact) mass is 367 g/mol. The molecule has 1 aromatic heterocycles. The summed E-state index contributed by atoms with van der Waals surface area (Å²) in [5, 5.41) is 3.56. The highest BCUT2D eigenvalue weighted by Crippen LogP contribution is 2.26. The minimum absolute atomic E-state index is 0.0383. The SMILES string of the molecule is COc1ccc2c(CC(=O)OCC(=O)NCCc3ccccc3)coc2c1. The lowest BCUT2D eigenvalue weighted by atomic mass is 10.1. The average molecular weight is 367 g/mol. The van der Waals surface area contributed by atoms with Crippen LogP contribution < -0.4 is 10.1 Å². The molecule has 6 heteroatoms. The van der Waals surface area contributed by atoms with E-state index in [0.29, 0.717) is 23.4 Å². The predicted molar refractivity (Wildman–Crippen MR) is 101 cm³/mol. The Morgan fingerprint density at radius 3 is 2.70 bits per heavy atom. The summed E-state index contributed by atoms with van der Waals surface area (Å²) >= 11 is 0. The summed E-state index contributed by atoms with van der Waals surface area (Å²) in [6.07, 6.45) is 2.28. The smallest absolute Gasteiger partial charge is 0.310 e. The Bertz CT molecular complexity index is 917. The highest BCUT2D eigenvalue weighted by molar-refractivity contribution is 5.87. The van der Waals surface area contributed by atoms with Gasteiger partial charge in [-0.1, -0.05) is 30.3 Å². The van der Waals surface area contributed by atoms with Crippen molar-refractivity contribution in [2.45, 2.75) is 12.8 Å². The average Bonchev–Trinajstić information content (AvgIpc) is 3.09. The lowest BCUT2D eigenvalue weighted by Gasteiger charge is -2.06. The molecule has 27 heavy (non-hydrogen) atoms. The highest BCUT2D eigenvalue weighted by atomic mass is 16.5. The molecular formula is C21H21NO5. The number of methoxy groups -OCH3 is 1. The molecule has 0 aliphatic heterocycles. The molecule has 3 aromatic rings. The van der Waals surface area contributed by atoms with Gasteiger partial charge in [-0.25, -0.2) is 0 Å². The van der Waals surface area contributed by atoms with E-state index >= 15 is 0 Å². The minimum Gasteiger partial charge on any atom is -0.497 e. The summed E-state index contributed by atoms with van der Waals surface area (Å²) in [5.41, 5.74) is 2.48. The van der Waals surface area contributed by atoms with Gasteiger partial charge in [0.05, 0.1) is 19.8 Å². The van der Waals surface area contributed by atoms with Gasteiger partial charge in [-0.3, -0.25) is 9.59 Å². The van der Waals surface area contributed by atoms with Gasteiger partial charge in [0.15, 0.2) is 6.61 Å². The zero-order valence-electron chi connectivity index (χ0n) is 15.1. The summed E-state index contributed by atoms with van der Waals surface area (Å²) in [6.45, 7) is 0.200. The van der Waals surface area contributed by atoms with Gasteiger partial charge in [-0.2, -0.15) is 0 Å². The second-order valence-electron chi connectivity index (χ2n) is 6.05. The van der Waals surface area contributed by atoms with Crippen molar-refractivity contribution in [2.75, 3.05) is 20.3 Å². The van der Waals surface area contributed by atoms with Crippen LogP contribution in [0.2, 0.25) is 0 Å². The second-order valence-corrected chi connectivity index (χ2v) is 6.05. The van der Waals surface area contributed by atoms with Crippen LogP contribution in [0.5, 0.6) is 5.75 Å². The standard InChI is InChI=1S/C21H21NO5/c1-25-17-7-8-18-16(13-26-19(18)12-17)11-21(24)27-14-20(23)22-10-9-15-5-3-2-4-6-15/h2-8,12-13H,9-11,14H2,1H3,(H,22,23). The van der Waals surface area contributed by atoms with E-state index in [2.05, 4.69) is 5.32 Å². The van der Waals surface area contributed by atoms with Crippen LogP contribution in [-0.2, 0) is 27.2 Å². The maximum Gasteiger partial charge on any atom is 0.310 e. The van der Waals surface area contributed by atoms with Gasteiger partial charge in [0, 0.05) is 23.6 Å². The van der Waals surface area contributed by atoms with E-state index in [-0.39, 0.29) is 18.9 Å². The molecule has 0 radical (unpaired) electrons. The first-order valence-corrected chi connectivity index (χ1v) is 8.66. The maximum atomic E-state index is 12.0. The molecule has 1 heterocycles. The van der Waals surface area contributed by atoms with Crippen molar-refractivity contribution in [2.24, 2.45) is 0 Å². The third kappa shape index (κ3) is 5.10. The Hall–Kier alpha value is -3.28. The van der Waals surface area contributed by atoms with Crippen molar-refractivity contribution >= 4 is 22.8 Å². The zero-order valence-corrected chi connectivity index (χ0v) is 15.1. The molecule has 0 fully saturated rings. The Labute approximate surface area is 157 Å². The molecule has 0 unspecified atom stereocenters. The number of amides is 1. The molecule has 0 spiro atoms. The van der Waals surface area contributed by atoms with Crippen LogP contribution in [0.15, 0.2) is 59.2 Å². The highest BCUT2D eigenvalue weighted by Gasteiger charge is 2.13. The van der Waals surface area contributed by atoms with E-state index in [0.717, 1.165) is 17.4 Å². The van der Waals surface area contributed by atoms with Crippen LogP contribution in [-0.4, -0.2) is 32.1 Å². The number of rotatable bonds is 8. The first-order chi connectivity index (χ1) is 13.2. The van der Waals surface area contributed by atoms with Crippen LogP contribution in [0, 0.1) is 0 Å². The Morgan fingerprint density at radius 1 is 1.11 bits per heavy atom. The normalized spacial score (nSPS) is 10.6. The molecule has 1 N–H and O–H groups in total. The molecule has 6 nitrogen and oxygen atoms in total. The van der Waals surface area contributed by atoms with Crippen molar-refractivity contribution in [1.29, 1.82) is 0 Å². The van der Waals surface area contributed by atoms with Crippen LogP contribution in [0.4, 0.5) is 0 Å². The summed E-state index contributed by atoms with van der Waals surface area (Å²) in [4.78, 5) is 23.8. The van der Waals surface area contributed by atoms with E-state index < -0.39 is 5.97 Å². The fourth-order valence-electron chi connectivity index (χ4n) is 2.72. The van der Waals surface area contributed by atoms with Crippen molar-refractivity contribution in [1.82, 2.24) is 5.32 Å². The van der Waals surface area contributed by atoms with Crippen LogP contribution in [0.25, 0.3) is 11.0 Å². The minimum atomic E-state index is -0.480. The molecule has 0 saturated heterocycles. The molecule has 0 bridgehead atoms. The number of hydrogen-bond donors (Lipinski definition) is 1. The zero-order chi connectivity index (χ0) is 19.1. The molecule has 140 valence electrons. The largest absolute Gasteiger partial charge is 0.497 e. The number of fused-ring (bicyclic) bond motifs is 1. The van der Waals surface area contributed by atoms with Crippen molar-refractivity contribution in [3.8, 4) is 5.75 Å². The van der Waals surface area contributed by atoms with Crippen LogP contribution in [0.1, 0.15) is 11.1 Å². The van der Waals surface area contributed by atoms with E-state index in [9.17, 15) is 9.59 Å². The van der Waals surface area contributed by atoms with Gasteiger partial charge in [-0.15, -0.1) is 0 Å². The van der Waals surface area contributed by atoms with Crippen molar-refractivity contribution in [3.05, 3.63) is 65.9 Å². The third-order valence-electron chi connectivity index (χ3n) is 4.14. The fraction of sp³-hybridized carbons (Fsp3) is 0.238. The number of furan rings is 1. The number of nitrogens with one attached hydrogen (secondary N) is 1. The second kappa shape index (κ2) is 8.89. The maximum absolute atomic E-state index is 12.0. The first kappa shape index (κ1) is 18.5. The summed E-state index contributed by atoms with van der Waals surface area (Å²) in [7, 11) is 1.58. The summed E-state index contributed by atoms with van der Waals surface area (Å²) < 4.78 is 15.6. The van der Waals surface area contributed by atoms with Crippen molar-refractivity contribution < 1.29 is 23.5 Å². The Balaban J connectivity index is 1.43. The first-order valence-electron chi connectivity index (χ1n) is 8.66. The molecule has 0 atom stereocenters. The van der Waals surface area contributed by atoms with Gasteiger partial charge < -0.3 is 19.2 Å². The molecule has 1 amide bonds.